The summed E-state index contributed by atoms with van der Waals surface area (Å²) in [5.41, 5.74) is 7.29. The van der Waals surface area contributed by atoms with Crippen molar-refractivity contribution < 1.29 is 0 Å². The Bertz CT molecular complexity index is 1630. The molecule has 0 atom stereocenters. The fourth-order valence-electron chi connectivity index (χ4n) is 5.73. The van der Waals surface area contributed by atoms with E-state index in [0.717, 1.165) is 10.4 Å². The highest BCUT2D eigenvalue weighted by atomic mass is 35.5. The third kappa shape index (κ3) is 2.52. The standard InChI is InChI=1S/C31H19ClS/c32-27-18-21(19-29-30(27)24-14-6-9-17-28(24)33-29)31(20-10-2-1-3-11-20)25-15-7-4-12-22(25)23-13-5-8-16-26(23)31/h1-19H. The second-order valence-electron chi connectivity index (χ2n) is 8.64. The maximum absolute atomic E-state index is 7.07. The normalized spacial score (nSPS) is 13.8. The summed E-state index contributed by atoms with van der Waals surface area (Å²) in [6.07, 6.45) is 0. The molecular weight excluding hydrogens is 440 g/mol. The minimum absolute atomic E-state index is 0.414. The molecule has 0 fully saturated rings. The van der Waals surface area contributed by atoms with E-state index < -0.39 is 5.41 Å². The molecule has 33 heavy (non-hydrogen) atoms. The van der Waals surface area contributed by atoms with Gasteiger partial charge < -0.3 is 0 Å². The Kier molecular flexibility index (Phi) is 4.08. The van der Waals surface area contributed by atoms with E-state index in [1.807, 2.05) is 11.3 Å². The van der Waals surface area contributed by atoms with Crippen LogP contribution in [0, 0.1) is 0 Å². The highest BCUT2D eigenvalue weighted by Crippen LogP contribution is 2.57. The van der Waals surface area contributed by atoms with Crippen LogP contribution in [-0.2, 0) is 5.41 Å². The van der Waals surface area contributed by atoms with Gasteiger partial charge in [0.2, 0.25) is 0 Å². The average Bonchev–Trinajstić information content (AvgIpc) is 3.39. The quantitative estimate of drug-likeness (QED) is 0.242. The topological polar surface area (TPSA) is 0 Å². The zero-order valence-corrected chi connectivity index (χ0v) is 19.3. The monoisotopic (exact) mass is 458 g/mol. The van der Waals surface area contributed by atoms with Gasteiger partial charge in [-0.05, 0) is 51.6 Å². The Hall–Kier alpha value is -3.39. The molecule has 0 nitrogen and oxygen atoms in total. The SMILES string of the molecule is Clc1cc(C2(c3ccccc3)c3ccccc3-c3ccccc32)cc2sc3ccccc3c12. The molecule has 0 unspecified atom stereocenters. The van der Waals surface area contributed by atoms with Crippen LogP contribution in [0.2, 0.25) is 5.02 Å². The van der Waals surface area contributed by atoms with Crippen molar-refractivity contribution in [3.8, 4) is 11.1 Å². The van der Waals surface area contributed by atoms with E-state index in [-0.39, 0.29) is 0 Å². The summed E-state index contributed by atoms with van der Waals surface area (Å²) in [6.45, 7) is 0. The third-order valence-corrected chi connectivity index (χ3v) is 8.44. The van der Waals surface area contributed by atoms with Gasteiger partial charge in [0.15, 0.2) is 0 Å². The summed E-state index contributed by atoms with van der Waals surface area (Å²) < 4.78 is 2.50. The van der Waals surface area contributed by atoms with Gasteiger partial charge in [-0.3, -0.25) is 0 Å². The van der Waals surface area contributed by atoms with Gasteiger partial charge in [-0.2, -0.15) is 0 Å². The summed E-state index contributed by atoms with van der Waals surface area (Å²) in [7, 11) is 0. The van der Waals surface area contributed by atoms with Crippen molar-refractivity contribution in [2.24, 2.45) is 0 Å². The van der Waals surface area contributed by atoms with Gasteiger partial charge in [0.05, 0.1) is 10.4 Å². The first kappa shape index (κ1) is 19.1. The van der Waals surface area contributed by atoms with Gasteiger partial charge in [0.25, 0.3) is 0 Å². The largest absolute Gasteiger partial charge is 0.135 e. The fourth-order valence-corrected chi connectivity index (χ4v) is 7.28. The van der Waals surface area contributed by atoms with E-state index in [1.54, 1.807) is 0 Å². The highest BCUT2D eigenvalue weighted by molar-refractivity contribution is 7.26. The van der Waals surface area contributed by atoms with E-state index in [2.05, 4.69) is 115 Å². The molecule has 6 aromatic rings. The molecular formula is C31H19ClS. The summed E-state index contributed by atoms with van der Waals surface area (Å²) in [4.78, 5) is 0. The second-order valence-corrected chi connectivity index (χ2v) is 10.1. The average molecular weight is 459 g/mol. The molecule has 1 aromatic heterocycles. The molecule has 1 heterocycles. The molecule has 0 aliphatic heterocycles. The molecule has 2 heteroatoms. The number of fused-ring (bicyclic) bond motifs is 6. The van der Waals surface area contributed by atoms with Crippen molar-refractivity contribution in [3.63, 3.8) is 0 Å². The first-order chi connectivity index (χ1) is 16.3. The Morgan fingerprint density at radius 2 is 1.15 bits per heavy atom. The van der Waals surface area contributed by atoms with Crippen molar-refractivity contribution in [2.75, 3.05) is 0 Å². The van der Waals surface area contributed by atoms with Crippen molar-refractivity contribution in [2.45, 2.75) is 5.41 Å². The number of benzene rings is 5. The molecule has 0 spiro atoms. The van der Waals surface area contributed by atoms with Crippen molar-refractivity contribution in [1.82, 2.24) is 0 Å². The zero-order chi connectivity index (χ0) is 22.0. The van der Waals surface area contributed by atoms with Crippen LogP contribution in [0.15, 0.2) is 115 Å². The Balaban J connectivity index is 1.66. The van der Waals surface area contributed by atoms with Crippen LogP contribution < -0.4 is 0 Å². The van der Waals surface area contributed by atoms with Gasteiger partial charge in [-0.1, -0.05) is 109 Å². The number of halogens is 1. The summed E-state index contributed by atoms with van der Waals surface area (Å²) in [5.74, 6) is 0. The molecule has 0 amide bonds. The van der Waals surface area contributed by atoms with Gasteiger partial charge >= 0.3 is 0 Å². The highest BCUT2D eigenvalue weighted by Gasteiger charge is 2.46. The third-order valence-electron chi connectivity index (χ3n) is 7.02. The second kappa shape index (κ2) is 7.05. The van der Waals surface area contributed by atoms with Crippen LogP contribution in [0.4, 0.5) is 0 Å². The molecule has 5 aromatic carbocycles. The van der Waals surface area contributed by atoms with Crippen LogP contribution in [0.1, 0.15) is 22.3 Å². The molecule has 7 rings (SSSR count). The maximum Gasteiger partial charge on any atom is 0.0714 e. The lowest BCUT2D eigenvalue weighted by atomic mass is 9.67. The zero-order valence-electron chi connectivity index (χ0n) is 17.8. The smallest absolute Gasteiger partial charge is 0.0714 e. The van der Waals surface area contributed by atoms with Crippen LogP contribution >= 0.6 is 22.9 Å². The van der Waals surface area contributed by atoms with Gasteiger partial charge in [-0.15, -0.1) is 11.3 Å². The molecule has 0 bridgehead atoms. The first-order valence-corrected chi connectivity index (χ1v) is 12.3. The molecule has 156 valence electrons. The number of hydrogen-bond acceptors (Lipinski definition) is 1. The van der Waals surface area contributed by atoms with Gasteiger partial charge in [0.1, 0.15) is 0 Å². The van der Waals surface area contributed by atoms with Crippen LogP contribution in [0.5, 0.6) is 0 Å². The van der Waals surface area contributed by atoms with Crippen LogP contribution in [0.25, 0.3) is 31.3 Å². The summed E-state index contributed by atoms with van der Waals surface area (Å²) >= 11 is 8.89. The Morgan fingerprint density at radius 3 is 1.88 bits per heavy atom. The number of rotatable bonds is 2. The van der Waals surface area contributed by atoms with Gasteiger partial charge in [-0.25, -0.2) is 0 Å². The van der Waals surface area contributed by atoms with Crippen molar-refractivity contribution in [3.05, 3.63) is 143 Å². The van der Waals surface area contributed by atoms with Crippen LogP contribution in [0.3, 0.4) is 0 Å². The lowest BCUT2D eigenvalue weighted by molar-refractivity contribution is 0.770. The molecule has 1 aliphatic carbocycles. The van der Waals surface area contributed by atoms with E-state index in [0.29, 0.717) is 0 Å². The molecule has 0 saturated heterocycles. The van der Waals surface area contributed by atoms with E-state index in [4.69, 9.17) is 11.6 Å². The predicted octanol–water partition coefficient (Wildman–Crippen LogP) is 9.07. The minimum Gasteiger partial charge on any atom is -0.135 e. The van der Waals surface area contributed by atoms with E-state index in [9.17, 15) is 0 Å². The van der Waals surface area contributed by atoms with Gasteiger partial charge in [0, 0.05) is 20.2 Å². The molecule has 0 saturated carbocycles. The molecule has 0 radical (unpaired) electrons. The lowest BCUT2D eigenvalue weighted by Gasteiger charge is -2.34. The Morgan fingerprint density at radius 1 is 0.545 bits per heavy atom. The van der Waals surface area contributed by atoms with Crippen molar-refractivity contribution in [1.29, 1.82) is 0 Å². The molecule has 0 N–H and O–H groups in total. The number of hydrogen-bond donors (Lipinski definition) is 0. The minimum atomic E-state index is -0.414. The maximum atomic E-state index is 7.07. The van der Waals surface area contributed by atoms with E-state index in [1.165, 1.54) is 48.2 Å². The van der Waals surface area contributed by atoms with Crippen LogP contribution in [-0.4, -0.2) is 0 Å². The summed E-state index contributed by atoms with van der Waals surface area (Å²) in [6, 6.07) is 41.6. The number of thiophene rings is 1. The molecule has 1 aliphatic rings. The van der Waals surface area contributed by atoms with E-state index >= 15 is 0 Å². The fraction of sp³-hybridized carbons (Fsp3) is 0.0323. The lowest BCUT2D eigenvalue weighted by Crippen LogP contribution is -2.28. The Labute approximate surface area is 201 Å². The predicted molar refractivity (Wildman–Crippen MR) is 142 cm³/mol. The van der Waals surface area contributed by atoms with Crippen molar-refractivity contribution >= 4 is 43.1 Å². The summed E-state index contributed by atoms with van der Waals surface area (Å²) in [5, 5.41) is 3.20. The first-order valence-electron chi connectivity index (χ1n) is 11.1.